The van der Waals surface area contributed by atoms with Crippen LogP contribution in [0.3, 0.4) is 0 Å². The summed E-state index contributed by atoms with van der Waals surface area (Å²) in [7, 11) is 1.61. The summed E-state index contributed by atoms with van der Waals surface area (Å²) in [6, 6.07) is 7.51. The van der Waals surface area contributed by atoms with E-state index in [0.29, 0.717) is 12.1 Å². The van der Waals surface area contributed by atoms with Crippen LogP contribution in [0.25, 0.3) is 0 Å². The van der Waals surface area contributed by atoms with Crippen molar-refractivity contribution < 1.29 is 9.53 Å². The van der Waals surface area contributed by atoms with Gasteiger partial charge in [-0.15, -0.1) is 0 Å². The standard InChI is InChI=1S/C13H16N2O2/c1-17-13-9-5-3-7-11(13)15-14-10-6-2-4-8-12(10)16/h3,5,7,9,15H,2,4,6,8H2,1H3/b14-10-. The van der Waals surface area contributed by atoms with Crippen molar-refractivity contribution in [1.82, 2.24) is 0 Å². The van der Waals surface area contributed by atoms with Crippen LogP contribution < -0.4 is 10.2 Å². The molecule has 1 aliphatic carbocycles. The number of hydrazone groups is 1. The molecule has 1 aromatic rings. The predicted molar refractivity (Wildman–Crippen MR) is 67.5 cm³/mol. The first-order chi connectivity index (χ1) is 8.31. The zero-order valence-electron chi connectivity index (χ0n) is 9.90. The van der Waals surface area contributed by atoms with Gasteiger partial charge in [-0.2, -0.15) is 5.10 Å². The van der Waals surface area contributed by atoms with E-state index in [2.05, 4.69) is 10.5 Å². The summed E-state index contributed by atoms with van der Waals surface area (Å²) < 4.78 is 5.20. The Morgan fingerprint density at radius 3 is 2.76 bits per heavy atom. The van der Waals surface area contributed by atoms with Crippen LogP contribution in [-0.2, 0) is 4.79 Å². The molecule has 0 heterocycles. The highest BCUT2D eigenvalue weighted by molar-refractivity contribution is 6.40. The van der Waals surface area contributed by atoms with Crippen LogP contribution >= 0.6 is 0 Å². The third kappa shape index (κ3) is 2.84. The molecule has 2 rings (SSSR count). The first-order valence-electron chi connectivity index (χ1n) is 5.80. The van der Waals surface area contributed by atoms with Crippen molar-refractivity contribution >= 4 is 17.2 Å². The molecule has 90 valence electrons. The Morgan fingerprint density at radius 1 is 1.24 bits per heavy atom. The molecule has 1 saturated carbocycles. The van der Waals surface area contributed by atoms with E-state index in [-0.39, 0.29) is 5.78 Å². The lowest BCUT2D eigenvalue weighted by atomic mass is 9.97. The van der Waals surface area contributed by atoms with E-state index in [4.69, 9.17) is 4.74 Å². The van der Waals surface area contributed by atoms with Gasteiger partial charge in [0.1, 0.15) is 11.5 Å². The zero-order chi connectivity index (χ0) is 12.1. The van der Waals surface area contributed by atoms with E-state index in [1.54, 1.807) is 7.11 Å². The van der Waals surface area contributed by atoms with E-state index in [1.807, 2.05) is 24.3 Å². The number of benzene rings is 1. The Balaban J connectivity index is 2.10. The summed E-state index contributed by atoms with van der Waals surface area (Å²) in [5.74, 6) is 0.874. The quantitative estimate of drug-likeness (QED) is 0.815. The summed E-state index contributed by atoms with van der Waals surface area (Å²) >= 11 is 0. The van der Waals surface area contributed by atoms with Crippen molar-refractivity contribution in [2.75, 3.05) is 12.5 Å². The number of carbonyl (C=O) groups is 1. The summed E-state index contributed by atoms with van der Waals surface area (Å²) in [5, 5.41) is 4.18. The largest absolute Gasteiger partial charge is 0.495 e. The van der Waals surface area contributed by atoms with Crippen molar-refractivity contribution in [3.8, 4) is 5.75 Å². The van der Waals surface area contributed by atoms with Crippen LogP contribution in [0.15, 0.2) is 29.4 Å². The number of nitrogens with zero attached hydrogens (tertiary/aromatic N) is 1. The minimum atomic E-state index is 0.152. The number of ketones is 1. The summed E-state index contributed by atoms with van der Waals surface area (Å²) in [6.07, 6.45) is 3.40. The van der Waals surface area contributed by atoms with Crippen LogP contribution in [-0.4, -0.2) is 18.6 Å². The van der Waals surface area contributed by atoms with Gasteiger partial charge in [-0.25, -0.2) is 0 Å². The van der Waals surface area contributed by atoms with Crippen molar-refractivity contribution in [2.24, 2.45) is 5.10 Å². The number of Topliss-reactive ketones (excluding diaryl/α,β-unsaturated/α-hetero) is 1. The predicted octanol–water partition coefficient (Wildman–Crippen LogP) is 2.61. The molecule has 1 aromatic carbocycles. The molecule has 0 amide bonds. The molecule has 0 spiro atoms. The van der Waals surface area contributed by atoms with E-state index in [0.717, 1.165) is 30.7 Å². The Bertz CT molecular complexity index is 441. The molecule has 1 aliphatic rings. The van der Waals surface area contributed by atoms with E-state index < -0.39 is 0 Å². The Labute approximate surface area is 101 Å². The number of carbonyl (C=O) groups excluding carboxylic acids is 1. The summed E-state index contributed by atoms with van der Waals surface area (Å²) in [6.45, 7) is 0. The fourth-order valence-corrected chi connectivity index (χ4v) is 1.84. The number of nitrogens with one attached hydrogen (secondary N) is 1. The number of ether oxygens (including phenoxy) is 1. The molecule has 0 saturated heterocycles. The fourth-order valence-electron chi connectivity index (χ4n) is 1.84. The van der Waals surface area contributed by atoms with E-state index >= 15 is 0 Å². The number of hydrogen-bond acceptors (Lipinski definition) is 4. The monoisotopic (exact) mass is 232 g/mol. The highest BCUT2D eigenvalue weighted by atomic mass is 16.5. The lowest BCUT2D eigenvalue weighted by molar-refractivity contribution is -0.113. The SMILES string of the molecule is COc1ccccc1N/N=C1/CCCCC1=O. The molecule has 0 aliphatic heterocycles. The Hall–Kier alpha value is -1.84. The van der Waals surface area contributed by atoms with Crippen molar-refractivity contribution in [2.45, 2.75) is 25.7 Å². The van der Waals surface area contributed by atoms with Gasteiger partial charge in [-0.05, 0) is 31.4 Å². The van der Waals surface area contributed by atoms with Gasteiger partial charge < -0.3 is 4.74 Å². The normalized spacial score (nSPS) is 18.2. The molecule has 1 N–H and O–H groups in total. The first-order valence-corrected chi connectivity index (χ1v) is 5.80. The van der Waals surface area contributed by atoms with Crippen LogP contribution in [0.2, 0.25) is 0 Å². The van der Waals surface area contributed by atoms with Gasteiger partial charge >= 0.3 is 0 Å². The van der Waals surface area contributed by atoms with Gasteiger partial charge in [0.25, 0.3) is 0 Å². The smallest absolute Gasteiger partial charge is 0.178 e. The Morgan fingerprint density at radius 2 is 2.00 bits per heavy atom. The second-order valence-corrected chi connectivity index (χ2v) is 4.00. The van der Waals surface area contributed by atoms with Gasteiger partial charge in [0.05, 0.1) is 12.8 Å². The van der Waals surface area contributed by atoms with Gasteiger partial charge in [0.15, 0.2) is 5.78 Å². The summed E-state index contributed by atoms with van der Waals surface area (Å²) in [4.78, 5) is 11.6. The van der Waals surface area contributed by atoms with Gasteiger partial charge in [0.2, 0.25) is 0 Å². The molecule has 1 fully saturated rings. The molecule has 0 unspecified atom stereocenters. The maximum atomic E-state index is 11.6. The number of hydrogen-bond donors (Lipinski definition) is 1. The molecular weight excluding hydrogens is 216 g/mol. The number of methoxy groups -OCH3 is 1. The molecular formula is C13H16N2O2. The van der Waals surface area contributed by atoms with E-state index in [1.165, 1.54) is 0 Å². The van der Waals surface area contributed by atoms with E-state index in [9.17, 15) is 4.79 Å². The van der Waals surface area contributed by atoms with Crippen molar-refractivity contribution in [3.05, 3.63) is 24.3 Å². The molecule has 0 bridgehead atoms. The molecule has 4 heteroatoms. The highest BCUT2D eigenvalue weighted by Gasteiger charge is 2.16. The van der Waals surface area contributed by atoms with Crippen LogP contribution in [0, 0.1) is 0 Å². The minimum absolute atomic E-state index is 0.152. The highest BCUT2D eigenvalue weighted by Crippen LogP contribution is 2.23. The number of rotatable bonds is 3. The lowest BCUT2D eigenvalue weighted by Crippen LogP contribution is -2.19. The number of anilines is 1. The first kappa shape index (κ1) is 11.6. The van der Waals surface area contributed by atoms with Crippen LogP contribution in [0.1, 0.15) is 25.7 Å². The average Bonchev–Trinajstić information content (AvgIpc) is 2.38. The lowest BCUT2D eigenvalue weighted by Gasteiger charge is -2.12. The molecule has 17 heavy (non-hydrogen) atoms. The molecule has 4 nitrogen and oxygen atoms in total. The average molecular weight is 232 g/mol. The zero-order valence-corrected chi connectivity index (χ0v) is 9.90. The molecule has 0 atom stereocenters. The number of para-hydroxylation sites is 2. The second-order valence-electron chi connectivity index (χ2n) is 4.00. The van der Waals surface area contributed by atoms with Crippen LogP contribution in [0.5, 0.6) is 5.75 Å². The van der Waals surface area contributed by atoms with Crippen LogP contribution in [0.4, 0.5) is 5.69 Å². The topological polar surface area (TPSA) is 50.7 Å². The summed E-state index contributed by atoms with van der Waals surface area (Å²) in [5.41, 5.74) is 4.33. The maximum absolute atomic E-state index is 11.6. The van der Waals surface area contributed by atoms with Gasteiger partial charge in [-0.1, -0.05) is 12.1 Å². The molecule has 0 radical (unpaired) electrons. The van der Waals surface area contributed by atoms with Gasteiger partial charge in [-0.3, -0.25) is 10.2 Å². The second kappa shape index (κ2) is 5.48. The van der Waals surface area contributed by atoms with Crippen molar-refractivity contribution in [3.63, 3.8) is 0 Å². The van der Waals surface area contributed by atoms with Crippen molar-refractivity contribution in [1.29, 1.82) is 0 Å². The van der Waals surface area contributed by atoms with Gasteiger partial charge in [0, 0.05) is 6.42 Å². The minimum Gasteiger partial charge on any atom is -0.495 e. The fraction of sp³-hybridized carbons (Fsp3) is 0.385. The third-order valence-electron chi connectivity index (χ3n) is 2.81. The molecule has 0 aromatic heterocycles. The third-order valence-corrected chi connectivity index (χ3v) is 2.81. The Kier molecular flexibility index (Phi) is 3.75. The maximum Gasteiger partial charge on any atom is 0.178 e.